The maximum Gasteiger partial charge on any atom is 0.411 e. The fraction of sp³-hybridized carbons (Fsp3) is 0.364. The summed E-state index contributed by atoms with van der Waals surface area (Å²) in [5.41, 5.74) is -0.453. The minimum Gasteiger partial charge on any atom is -0.449 e. The monoisotopic (exact) mass is 247 g/mol. The van der Waals surface area contributed by atoms with E-state index in [9.17, 15) is 18.0 Å². The molecule has 0 fully saturated rings. The Balaban J connectivity index is 2.63. The van der Waals surface area contributed by atoms with Gasteiger partial charge in [-0.1, -0.05) is 13.3 Å². The molecule has 0 aliphatic heterocycles. The molecule has 17 heavy (non-hydrogen) atoms. The van der Waals surface area contributed by atoms with Crippen LogP contribution in [0.25, 0.3) is 0 Å². The molecule has 1 amide bonds. The number of nitrogens with one attached hydrogen (secondary N) is 1. The maximum atomic E-state index is 13.1. The molecule has 0 aliphatic carbocycles. The van der Waals surface area contributed by atoms with Gasteiger partial charge in [0.25, 0.3) is 0 Å². The highest BCUT2D eigenvalue weighted by atomic mass is 19.2. The molecule has 0 saturated heterocycles. The van der Waals surface area contributed by atoms with Gasteiger partial charge in [-0.2, -0.15) is 0 Å². The van der Waals surface area contributed by atoms with E-state index in [2.05, 4.69) is 4.74 Å². The summed E-state index contributed by atoms with van der Waals surface area (Å²) < 4.78 is 43.2. The van der Waals surface area contributed by atoms with E-state index in [0.29, 0.717) is 6.42 Å². The van der Waals surface area contributed by atoms with Gasteiger partial charge in [-0.15, -0.1) is 0 Å². The first-order valence-corrected chi connectivity index (χ1v) is 5.13. The van der Waals surface area contributed by atoms with Crippen molar-refractivity contribution in [2.75, 3.05) is 11.9 Å². The van der Waals surface area contributed by atoms with Crippen molar-refractivity contribution in [1.29, 1.82) is 0 Å². The van der Waals surface area contributed by atoms with Gasteiger partial charge < -0.3 is 4.74 Å². The zero-order valence-electron chi connectivity index (χ0n) is 9.23. The number of unbranched alkanes of at least 4 members (excludes halogenated alkanes) is 1. The minimum atomic E-state index is -1.63. The second kappa shape index (κ2) is 6.12. The summed E-state index contributed by atoms with van der Waals surface area (Å²) in [5.74, 6) is -4.39. The van der Waals surface area contributed by atoms with Crippen LogP contribution >= 0.6 is 0 Å². The predicted molar refractivity (Wildman–Crippen MR) is 56.2 cm³/mol. The van der Waals surface area contributed by atoms with Gasteiger partial charge in [0.1, 0.15) is 0 Å². The zero-order chi connectivity index (χ0) is 12.8. The summed E-state index contributed by atoms with van der Waals surface area (Å²) in [6.07, 6.45) is 0.615. The van der Waals surface area contributed by atoms with Crippen LogP contribution in [0.15, 0.2) is 12.1 Å². The summed E-state index contributed by atoms with van der Waals surface area (Å²) in [7, 11) is 0. The van der Waals surface area contributed by atoms with Crippen molar-refractivity contribution < 1.29 is 22.7 Å². The molecule has 1 N–H and O–H groups in total. The van der Waals surface area contributed by atoms with E-state index >= 15 is 0 Å². The van der Waals surface area contributed by atoms with Gasteiger partial charge in [0.05, 0.1) is 12.3 Å². The van der Waals surface area contributed by atoms with Crippen LogP contribution in [0.5, 0.6) is 0 Å². The normalized spacial score (nSPS) is 10.1. The Bertz CT molecular complexity index is 410. The van der Waals surface area contributed by atoms with Crippen molar-refractivity contribution >= 4 is 11.8 Å². The highest BCUT2D eigenvalue weighted by Gasteiger charge is 2.15. The Morgan fingerprint density at radius 3 is 2.65 bits per heavy atom. The molecule has 0 aliphatic rings. The second-order valence-corrected chi connectivity index (χ2v) is 3.34. The number of ether oxygens (including phenoxy) is 1. The fourth-order valence-electron chi connectivity index (χ4n) is 1.08. The lowest BCUT2D eigenvalue weighted by atomic mass is 10.3. The molecule has 0 saturated carbocycles. The van der Waals surface area contributed by atoms with Crippen LogP contribution in [-0.2, 0) is 4.74 Å². The molecule has 1 rings (SSSR count). The highest BCUT2D eigenvalue weighted by molar-refractivity contribution is 5.84. The summed E-state index contributed by atoms with van der Waals surface area (Å²) in [4.78, 5) is 11.1. The predicted octanol–water partition coefficient (Wildman–Crippen LogP) is 3.45. The number of carbonyl (C=O) groups is 1. The van der Waals surface area contributed by atoms with Crippen LogP contribution in [0, 0.1) is 17.5 Å². The molecular weight excluding hydrogens is 235 g/mol. The lowest BCUT2D eigenvalue weighted by molar-refractivity contribution is 0.159. The van der Waals surface area contributed by atoms with Crippen LogP contribution in [0.2, 0.25) is 0 Å². The standard InChI is InChI=1S/C11H12F3NO2/c1-2-3-6-17-11(16)15-8-5-4-7(12)9(13)10(8)14/h4-5H,2-3,6H2,1H3,(H,15,16). The molecule has 0 heterocycles. The molecule has 0 radical (unpaired) electrons. The summed E-state index contributed by atoms with van der Waals surface area (Å²) in [5, 5.41) is 1.99. The van der Waals surface area contributed by atoms with Crippen LogP contribution in [0.4, 0.5) is 23.7 Å². The van der Waals surface area contributed by atoms with Crippen molar-refractivity contribution in [3.05, 3.63) is 29.6 Å². The molecule has 6 heteroatoms. The average molecular weight is 247 g/mol. The Kier molecular flexibility index (Phi) is 4.81. The van der Waals surface area contributed by atoms with Crippen LogP contribution < -0.4 is 5.32 Å². The number of halogens is 3. The molecule has 1 aromatic rings. The van der Waals surface area contributed by atoms with E-state index in [1.807, 2.05) is 12.2 Å². The molecule has 0 spiro atoms. The third-order valence-corrected chi connectivity index (χ3v) is 2.00. The average Bonchev–Trinajstić information content (AvgIpc) is 2.30. The van der Waals surface area contributed by atoms with Crippen molar-refractivity contribution in [2.24, 2.45) is 0 Å². The molecule has 1 aromatic carbocycles. The fourth-order valence-corrected chi connectivity index (χ4v) is 1.08. The number of rotatable bonds is 4. The Morgan fingerprint density at radius 1 is 1.29 bits per heavy atom. The first-order chi connectivity index (χ1) is 8.06. The van der Waals surface area contributed by atoms with Gasteiger partial charge in [0, 0.05) is 0 Å². The highest BCUT2D eigenvalue weighted by Crippen LogP contribution is 2.19. The van der Waals surface area contributed by atoms with E-state index in [1.54, 1.807) is 0 Å². The van der Waals surface area contributed by atoms with Gasteiger partial charge in [-0.25, -0.2) is 18.0 Å². The van der Waals surface area contributed by atoms with Crippen molar-refractivity contribution in [1.82, 2.24) is 0 Å². The third kappa shape index (κ3) is 3.65. The van der Waals surface area contributed by atoms with E-state index in [1.165, 1.54) is 0 Å². The van der Waals surface area contributed by atoms with Crippen LogP contribution in [-0.4, -0.2) is 12.7 Å². The summed E-state index contributed by atoms with van der Waals surface area (Å²) >= 11 is 0. The zero-order valence-corrected chi connectivity index (χ0v) is 9.23. The summed E-state index contributed by atoms with van der Waals surface area (Å²) in [6, 6.07) is 1.65. The second-order valence-electron chi connectivity index (χ2n) is 3.34. The van der Waals surface area contributed by atoms with Gasteiger partial charge >= 0.3 is 6.09 Å². The summed E-state index contributed by atoms with van der Waals surface area (Å²) in [6.45, 7) is 2.10. The smallest absolute Gasteiger partial charge is 0.411 e. The number of hydrogen-bond donors (Lipinski definition) is 1. The van der Waals surface area contributed by atoms with Crippen molar-refractivity contribution in [3.63, 3.8) is 0 Å². The molecule has 94 valence electrons. The topological polar surface area (TPSA) is 38.3 Å². The van der Waals surface area contributed by atoms with Gasteiger partial charge in [-0.3, -0.25) is 5.32 Å². The van der Waals surface area contributed by atoms with Crippen LogP contribution in [0.3, 0.4) is 0 Å². The van der Waals surface area contributed by atoms with Gasteiger partial charge in [-0.05, 0) is 18.6 Å². The SMILES string of the molecule is CCCCOC(=O)Nc1ccc(F)c(F)c1F. The van der Waals surface area contributed by atoms with Crippen molar-refractivity contribution in [3.8, 4) is 0 Å². The quantitative estimate of drug-likeness (QED) is 0.653. The van der Waals surface area contributed by atoms with E-state index in [4.69, 9.17) is 0 Å². The first kappa shape index (κ1) is 13.3. The maximum absolute atomic E-state index is 13.1. The number of hydrogen-bond acceptors (Lipinski definition) is 2. The molecular formula is C11H12F3NO2. The molecule has 0 unspecified atom stereocenters. The minimum absolute atomic E-state index is 0.188. The Labute approximate surface area is 96.6 Å². The largest absolute Gasteiger partial charge is 0.449 e. The number of carbonyl (C=O) groups excluding carboxylic acids is 1. The molecule has 0 bridgehead atoms. The lowest BCUT2D eigenvalue weighted by Gasteiger charge is -2.07. The van der Waals surface area contributed by atoms with Gasteiger partial charge in [0.2, 0.25) is 0 Å². The Hall–Kier alpha value is -1.72. The lowest BCUT2D eigenvalue weighted by Crippen LogP contribution is -2.15. The number of anilines is 1. The van der Waals surface area contributed by atoms with Gasteiger partial charge in [0.15, 0.2) is 17.5 Å². The molecule has 0 aromatic heterocycles. The molecule has 0 atom stereocenters. The van der Waals surface area contributed by atoms with E-state index < -0.39 is 29.2 Å². The molecule has 3 nitrogen and oxygen atoms in total. The van der Waals surface area contributed by atoms with Crippen molar-refractivity contribution in [2.45, 2.75) is 19.8 Å². The first-order valence-electron chi connectivity index (χ1n) is 5.13. The Morgan fingerprint density at radius 2 is 2.00 bits per heavy atom. The van der Waals surface area contributed by atoms with Crippen LogP contribution in [0.1, 0.15) is 19.8 Å². The number of amides is 1. The number of benzene rings is 1. The van der Waals surface area contributed by atoms with E-state index in [-0.39, 0.29) is 6.61 Å². The third-order valence-electron chi connectivity index (χ3n) is 2.00. The van der Waals surface area contributed by atoms with E-state index in [0.717, 1.165) is 18.6 Å².